The van der Waals surface area contributed by atoms with Crippen molar-refractivity contribution in [1.29, 1.82) is 0 Å². The highest BCUT2D eigenvalue weighted by Crippen LogP contribution is 2.28. The molecule has 2 heterocycles. The lowest BCUT2D eigenvalue weighted by atomic mass is 9.96. The number of nitrogens with one attached hydrogen (secondary N) is 1. The second kappa shape index (κ2) is 11.3. The quantitative estimate of drug-likeness (QED) is 0.701. The van der Waals surface area contributed by atoms with Gasteiger partial charge in [0.25, 0.3) is 0 Å². The number of nitrogens with zero attached hydrogens (tertiary/aromatic N) is 1. The van der Waals surface area contributed by atoms with E-state index < -0.39 is 0 Å². The smallest absolute Gasteiger partial charge is 0.226 e. The summed E-state index contributed by atoms with van der Waals surface area (Å²) in [5, 5.41) is 7.53. The van der Waals surface area contributed by atoms with E-state index in [1.807, 2.05) is 23.1 Å². The van der Waals surface area contributed by atoms with Crippen LogP contribution in [0.2, 0.25) is 0 Å². The van der Waals surface area contributed by atoms with E-state index >= 15 is 0 Å². The standard InChI is InChI=1S/C21H28N2O3S.ClH/c1-25-19-4-3-16(13-20(19)26-2)7-11-23(14-17-8-12-27-15-17)21(24)18-5-9-22-10-6-18;/h3-4,8,12-13,15,18,22H,5-7,9-11,14H2,1-2H3;1H. The summed E-state index contributed by atoms with van der Waals surface area (Å²) in [7, 11) is 3.28. The van der Waals surface area contributed by atoms with Crippen LogP contribution in [0.3, 0.4) is 0 Å². The van der Waals surface area contributed by atoms with Gasteiger partial charge in [-0.3, -0.25) is 4.79 Å². The molecule has 28 heavy (non-hydrogen) atoms. The number of thiophene rings is 1. The first-order valence-corrected chi connectivity index (χ1v) is 10.4. The van der Waals surface area contributed by atoms with E-state index in [-0.39, 0.29) is 24.2 Å². The zero-order chi connectivity index (χ0) is 19.1. The first-order valence-electron chi connectivity index (χ1n) is 9.42. The molecule has 1 amide bonds. The van der Waals surface area contributed by atoms with Crippen molar-refractivity contribution >= 4 is 29.7 Å². The van der Waals surface area contributed by atoms with Gasteiger partial charge >= 0.3 is 0 Å². The Kier molecular flexibility index (Phi) is 9.09. The summed E-state index contributed by atoms with van der Waals surface area (Å²) in [5.41, 5.74) is 2.34. The second-order valence-corrected chi connectivity index (χ2v) is 7.64. The third-order valence-corrected chi connectivity index (χ3v) is 5.80. The predicted molar refractivity (Wildman–Crippen MR) is 116 cm³/mol. The van der Waals surface area contributed by atoms with Crippen LogP contribution in [0, 0.1) is 5.92 Å². The Bertz CT molecular complexity index is 733. The van der Waals surface area contributed by atoms with Gasteiger partial charge in [-0.25, -0.2) is 0 Å². The molecule has 7 heteroatoms. The van der Waals surface area contributed by atoms with Crippen LogP contribution in [0.4, 0.5) is 0 Å². The van der Waals surface area contributed by atoms with E-state index in [4.69, 9.17) is 9.47 Å². The lowest BCUT2D eigenvalue weighted by molar-refractivity contribution is -0.137. The summed E-state index contributed by atoms with van der Waals surface area (Å²) in [4.78, 5) is 15.1. The van der Waals surface area contributed by atoms with E-state index in [9.17, 15) is 4.79 Å². The molecule has 0 spiro atoms. The molecule has 2 aromatic rings. The van der Waals surface area contributed by atoms with Crippen LogP contribution in [0.5, 0.6) is 11.5 Å². The van der Waals surface area contributed by atoms with E-state index in [1.54, 1.807) is 25.6 Å². The van der Waals surface area contributed by atoms with Crippen LogP contribution >= 0.6 is 23.7 Å². The minimum Gasteiger partial charge on any atom is -0.493 e. The van der Waals surface area contributed by atoms with E-state index in [0.29, 0.717) is 13.1 Å². The third kappa shape index (κ3) is 5.87. The maximum Gasteiger partial charge on any atom is 0.226 e. The first kappa shape index (κ1) is 22.5. The molecular formula is C21H29ClN2O3S. The number of benzene rings is 1. The van der Waals surface area contributed by atoms with Crippen LogP contribution in [0.15, 0.2) is 35.0 Å². The highest BCUT2D eigenvalue weighted by Gasteiger charge is 2.26. The summed E-state index contributed by atoms with van der Waals surface area (Å²) in [6.45, 7) is 3.24. The number of hydrogen-bond acceptors (Lipinski definition) is 5. The van der Waals surface area contributed by atoms with E-state index in [2.05, 4.69) is 22.1 Å². The van der Waals surface area contributed by atoms with Gasteiger partial charge in [-0.2, -0.15) is 11.3 Å². The minimum absolute atomic E-state index is 0. The molecule has 1 fully saturated rings. The molecule has 0 atom stereocenters. The van der Waals surface area contributed by atoms with Crippen molar-refractivity contribution in [2.24, 2.45) is 5.92 Å². The third-order valence-electron chi connectivity index (χ3n) is 5.07. The fraction of sp³-hybridized carbons (Fsp3) is 0.476. The molecule has 1 aliphatic heterocycles. The van der Waals surface area contributed by atoms with Crippen molar-refractivity contribution < 1.29 is 14.3 Å². The van der Waals surface area contributed by atoms with Crippen LogP contribution < -0.4 is 14.8 Å². The molecule has 1 N–H and O–H groups in total. The number of carbonyl (C=O) groups is 1. The van der Waals surface area contributed by atoms with Crippen LogP contribution in [-0.4, -0.2) is 44.7 Å². The van der Waals surface area contributed by atoms with Crippen LogP contribution in [-0.2, 0) is 17.8 Å². The molecule has 1 aromatic carbocycles. The summed E-state index contributed by atoms with van der Waals surface area (Å²) in [6.07, 6.45) is 2.64. The van der Waals surface area contributed by atoms with Gasteiger partial charge in [0.05, 0.1) is 14.2 Å². The fourth-order valence-corrected chi connectivity index (χ4v) is 4.16. The lowest BCUT2D eigenvalue weighted by Gasteiger charge is -2.29. The molecular weight excluding hydrogens is 396 g/mol. The zero-order valence-corrected chi connectivity index (χ0v) is 18.1. The van der Waals surface area contributed by atoms with Crippen LogP contribution in [0.25, 0.3) is 0 Å². The van der Waals surface area contributed by atoms with Crippen molar-refractivity contribution in [1.82, 2.24) is 10.2 Å². The number of methoxy groups -OCH3 is 2. The molecule has 1 aromatic heterocycles. The highest BCUT2D eigenvalue weighted by molar-refractivity contribution is 7.07. The van der Waals surface area contributed by atoms with Gasteiger partial charge in [-0.1, -0.05) is 6.07 Å². The number of rotatable bonds is 8. The van der Waals surface area contributed by atoms with Gasteiger partial charge in [0, 0.05) is 19.0 Å². The van der Waals surface area contributed by atoms with Crippen molar-refractivity contribution in [3.05, 3.63) is 46.2 Å². The number of amides is 1. The zero-order valence-electron chi connectivity index (χ0n) is 16.5. The Morgan fingerprint density at radius 1 is 1.14 bits per heavy atom. The van der Waals surface area contributed by atoms with Crippen molar-refractivity contribution in [3.8, 4) is 11.5 Å². The van der Waals surface area contributed by atoms with Gasteiger partial charge in [0.1, 0.15) is 0 Å². The van der Waals surface area contributed by atoms with E-state index in [1.165, 1.54) is 5.56 Å². The topological polar surface area (TPSA) is 50.8 Å². The Labute approximate surface area is 177 Å². The number of halogens is 1. The summed E-state index contributed by atoms with van der Waals surface area (Å²) < 4.78 is 10.7. The van der Waals surface area contributed by atoms with Gasteiger partial charge in [0.15, 0.2) is 11.5 Å². The Hall–Kier alpha value is -1.76. The first-order chi connectivity index (χ1) is 13.2. The Morgan fingerprint density at radius 3 is 2.54 bits per heavy atom. The van der Waals surface area contributed by atoms with Crippen LogP contribution in [0.1, 0.15) is 24.0 Å². The number of ether oxygens (including phenoxy) is 2. The summed E-state index contributed by atoms with van der Waals surface area (Å²) in [5.74, 6) is 1.87. The van der Waals surface area contributed by atoms with E-state index in [0.717, 1.165) is 49.4 Å². The molecule has 154 valence electrons. The lowest BCUT2D eigenvalue weighted by Crippen LogP contribution is -2.41. The molecule has 0 bridgehead atoms. The van der Waals surface area contributed by atoms with Gasteiger partial charge in [-0.15, -0.1) is 12.4 Å². The van der Waals surface area contributed by atoms with Gasteiger partial charge in [-0.05, 0) is 72.4 Å². The number of carbonyl (C=O) groups excluding carboxylic acids is 1. The predicted octanol–water partition coefficient (Wildman–Crippen LogP) is 3.76. The summed E-state index contributed by atoms with van der Waals surface area (Å²) in [6, 6.07) is 8.06. The normalized spacial score (nSPS) is 14.2. The Balaban J connectivity index is 0.00000280. The molecule has 0 saturated carbocycles. The fourth-order valence-electron chi connectivity index (χ4n) is 3.50. The number of piperidine rings is 1. The molecule has 5 nitrogen and oxygen atoms in total. The molecule has 0 unspecified atom stereocenters. The highest BCUT2D eigenvalue weighted by atomic mass is 35.5. The monoisotopic (exact) mass is 424 g/mol. The molecule has 3 rings (SSSR count). The van der Waals surface area contributed by atoms with Gasteiger partial charge in [0.2, 0.25) is 5.91 Å². The minimum atomic E-state index is 0. The Morgan fingerprint density at radius 2 is 1.89 bits per heavy atom. The molecule has 1 saturated heterocycles. The SMILES string of the molecule is COc1ccc(CCN(Cc2ccsc2)C(=O)C2CCNCC2)cc1OC.Cl. The molecule has 1 aliphatic rings. The largest absolute Gasteiger partial charge is 0.493 e. The average Bonchev–Trinajstić information content (AvgIpc) is 3.24. The van der Waals surface area contributed by atoms with Gasteiger partial charge < -0.3 is 19.7 Å². The second-order valence-electron chi connectivity index (χ2n) is 6.86. The van der Waals surface area contributed by atoms with Crippen molar-refractivity contribution in [3.63, 3.8) is 0 Å². The van der Waals surface area contributed by atoms with Crippen molar-refractivity contribution in [2.45, 2.75) is 25.8 Å². The number of hydrogen-bond donors (Lipinski definition) is 1. The molecule has 0 aliphatic carbocycles. The maximum atomic E-state index is 13.1. The maximum absolute atomic E-state index is 13.1. The molecule has 0 radical (unpaired) electrons. The summed E-state index contributed by atoms with van der Waals surface area (Å²) >= 11 is 1.67. The van der Waals surface area contributed by atoms with Crippen molar-refractivity contribution in [2.75, 3.05) is 33.9 Å². The average molecular weight is 425 g/mol.